The molecule has 1 aliphatic rings. The van der Waals surface area contributed by atoms with Gasteiger partial charge in [-0.05, 0) is 53.5 Å². The van der Waals surface area contributed by atoms with Gasteiger partial charge in [-0.15, -0.1) is 0 Å². The van der Waals surface area contributed by atoms with Crippen molar-refractivity contribution in [1.29, 1.82) is 0 Å². The molecule has 0 bridgehead atoms. The molecule has 0 unspecified atom stereocenters. The van der Waals surface area contributed by atoms with Gasteiger partial charge in [0.1, 0.15) is 5.75 Å². The Morgan fingerprint density at radius 2 is 1.92 bits per heavy atom. The summed E-state index contributed by atoms with van der Waals surface area (Å²) in [6, 6.07) is 11.9. The Hall–Kier alpha value is -2.82. The van der Waals surface area contributed by atoms with Crippen molar-refractivity contribution in [3.63, 3.8) is 0 Å². The van der Waals surface area contributed by atoms with Crippen LogP contribution >= 0.6 is 0 Å². The molecule has 1 N–H and O–H groups in total. The number of amides is 1. The van der Waals surface area contributed by atoms with Crippen LogP contribution in [0.3, 0.4) is 0 Å². The third-order valence-electron chi connectivity index (χ3n) is 3.77. The third kappa shape index (κ3) is 4.35. The third-order valence-corrected chi connectivity index (χ3v) is 3.77. The highest BCUT2D eigenvalue weighted by Crippen LogP contribution is 2.22. The lowest BCUT2D eigenvalue weighted by Gasteiger charge is -2.04. The van der Waals surface area contributed by atoms with Crippen LogP contribution in [-0.2, 0) is 14.3 Å². The van der Waals surface area contributed by atoms with Gasteiger partial charge in [-0.3, -0.25) is 4.79 Å². The number of nitrogens with one attached hydrogen (secondary N) is 1. The minimum Gasteiger partial charge on any atom is -0.497 e. The Labute approximate surface area is 140 Å². The molecule has 5 heteroatoms. The quantitative estimate of drug-likeness (QED) is 0.655. The fraction of sp³-hybridized carbons (Fsp3) is 0.263. The maximum Gasteiger partial charge on any atom is 0.331 e. The van der Waals surface area contributed by atoms with E-state index in [1.54, 1.807) is 13.2 Å². The predicted octanol–water partition coefficient (Wildman–Crippen LogP) is 2.68. The largest absolute Gasteiger partial charge is 0.497 e. The second-order valence-corrected chi connectivity index (χ2v) is 5.76. The van der Waals surface area contributed by atoms with Crippen LogP contribution in [0.15, 0.2) is 42.5 Å². The van der Waals surface area contributed by atoms with Crippen LogP contribution in [0, 0.1) is 0 Å². The molecule has 0 aromatic heterocycles. The molecule has 124 valence electrons. The van der Waals surface area contributed by atoms with Gasteiger partial charge in [0.05, 0.1) is 7.11 Å². The van der Waals surface area contributed by atoms with Crippen molar-refractivity contribution in [3.05, 3.63) is 48.0 Å². The number of carbonyl (C=O) groups is 2. The molecule has 0 heterocycles. The van der Waals surface area contributed by atoms with E-state index in [0.717, 1.165) is 34.9 Å². The van der Waals surface area contributed by atoms with Crippen molar-refractivity contribution in [3.8, 4) is 5.75 Å². The van der Waals surface area contributed by atoms with Crippen molar-refractivity contribution in [2.75, 3.05) is 13.7 Å². The van der Waals surface area contributed by atoms with E-state index in [2.05, 4.69) is 5.32 Å². The average Bonchev–Trinajstić information content (AvgIpc) is 3.41. The molecule has 0 radical (unpaired) electrons. The smallest absolute Gasteiger partial charge is 0.331 e. The fourth-order valence-electron chi connectivity index (χ4n) is 2.32. The van der Waals surface area contributed by atoms with E-state index in [1.807, 2.05) is 36.4 Å². The highest BCUT2D eigenvalue weighted by molar-refractivity contribution is 5.91. The van der Waals surface area contributed by atoms with E-state index in [-0.39, 0.29) is 18.6 Å². The minimum atomic E-state index is -0.532. The van der Waals surface area contributed by atoms with Crippen molar-refractivity contribution in [1.82, 2.24) is 5.32 Å². The number of carbonyl (C=O) groups excluding carboxylic acids is 2. The second kappa shape index (κ2) is 7.17. The summed E-state index contributed by atoms with van der Waals surface area (Å²) in [7, 11) is 1.63. The average molecular weight is 325 g/mol. The summed E-state index contributed by atoms with van der Waals surface area (Å²) in [5, 5.41) is 4.87. The first-order valence-corrected chi connectivity index (χ1v) is 7.86. The molecule has 1 fully saturated rings. The van der Waals surface area contributed by atoms with Gasteiger partial charge >= 0.3 is 5.97 Å². The van der Waals surface area contributed by atoms with Gasteiger partial charge in [0, 0.05) is 12.1 Å². The molecule has 24 heavy (non-hydrogen) atoms. The molecule has 2 aromatic rings. The maximum absolute atomic E-state index is 11.7. The zero-order valence-electron chi connectivity index (χ0n) is 13.5. The Bertz CT molecular complexity index is 793. The number of fused-ring (bicyclic) bond motifs is 1. The van der Waals surface area contributed by atoms with Crippen LogP contribution in [-0.4, -0.2) is 31.6 Å². The molecule has 0 spiro atoms. The number of hydrogen-bond acceptors (Lipinski definition) is 4. The van der Waals surface area contributed by atoms with Crippen LogP contribution in [0.4, 0.5) is 0 Å². The standard InChI is InChI=1S/C19H19NO4/c1-23-17-8-5-14-10-13(2-4-15(14)11-17)3-9-19(22)24-12-18(21)20-16-6-7-16/h2-5,8-11,16H,6-7,12H2,1H3,(H,20,21)/b9-3+. The lowest BCUT2D eigenvalue weighted by molar-refractivity contribution is -0.143. The van der Waals surface area contributed by atoms with Crippen LogP contribution < -0.4 is 10.1 Å². The normalized spacial score (nSPS) is 13.9. The van der Waals surface area contributed by atoms with Gasteiger partial charge in [-0.25, -0.2) is 4.79 Å². The predicted molar refractivity (Wildman–Crippen MR) is 91.7 cm³/mol. The molecule has 0 saturated heterocycles. The lowest BCUT2D eigenvalue weighted by Crippen LogP contribution is -2.30. The number of ether oxygens (including phenoxy) is 2. The van der Waals surface area contributed by atoms with E-state index < -0.39 is 5.97 Å². The Kier molecular flexibility index (Phi) is 4.79. The molecule has 0 atom stereocenters. The first kappa shape index (κ1) is 16.1. The highest BCUT2D eigenvalue weighted by Gasteiger charge is 2.23. The number of rotatable bonds is 6. The highest BCUT2D eigenvalue weighted by atomic mass is 16.5. The van der Waals surface area contributed by atoms with Gasteiger partial charge in [-0.2, -0.15) is 0 Å². The molecule has 2 aromatic carbocycles. The van der Waals surface area contributed by atoms with Gasteiger partial charge in [0.25, 0.3) is 5.91 Å². The zero-order valence-corrected chi connectivity index (χ0v) is 13.5. The van der Waals surface area contributed by atoms with Crippen LogP contribution in [0.5, 0.6) is 5.75 Å². The number of benzene rings is 2. The van der Waals surface area contributed by atoms with E-state index in [0.29, 0.717) is 0 Å². The molecule has 5 nitrogen and oxygen atoms in total. The molecule has 1 aliphatic carbocycles. The molecule has 1 saturated carbocycles. The second-order valence-electron chi connectivity index (χ2n) is 5.76. The summed E-state index contributed by atoms with van der Waals surface area (Å²) in [4.78, 5) is 23.1. The minimum absolute atomic E-state index is 0.239. The molecule has 0 aliphatic heterocycles. The fourth-order valence-corrected chi connectivity index (χ4v) is 2.32. The van der Waals surface area contributed by atoms with E-state index in [4.69, 9.17) is 9.47 Å². The topological polar surface area (TPSA) is 64.6 Å². The first-order valence-electron chi connectivity index (χ1n) is 7.86. The summed E-state index contributed by atoms with van der Waals surface area (Å²) < 4.78 is 10.1. The van der Waals surface area contributed by atoms with Crippen molar-refractivity contribution in [2.45, 2.75) is 18.9 Å². The Balaban J connectivity index is 1.57. The van der Waals surface area contributed by atoms with Crippen molar-refractivity contribution < 1.29 is 19.1 Å². The Morgan fingerprint density at radius 1 is 1.17 bits per heavy atom. The van der Waals surface area contributed by atoms with Gasteiger partial charge < -0.3 is 14.8 Å². The summed E-state index contributed by atoms with van der Waals surface area (Å²) in [6.45, 7) is -0.239. The van der Waals surface area contributed by atoms with Crippen molar-refractivity contribution in [2.24, 2.45) is 0 Å². The summed E-state index contributed by atoms with van der Waals surface area (Å²) in [5.41, 5.74) is 0.882. The Morgan fingerprint density at radius 3 is 2.67 bits per heavy atom. The monoisotopic (exact) mass is 325 g/mol. The summed E-state index contributed by atoms with van der Waals surface area (Å²) in [5.74, 6) is 0.0218. The number of esters is 1. The number of hydrogen-bond donors (Lipinski definition) is 1. The van der Waals surface area contributed by atoms with Gasteiger partial charge in [0.2, 0.25) is 0 Å². The summed E-state index contributed by atoms with van der Waals surface area (Å²) >= 11 is 0. The van der Waals surface area contributed by atoms with Crippen LogP contribution in [0.2, 0.25) is 0 Å². The summed E-state index contributed by atoms with van der Waals surface area (Å²) in [6.07, 6.45) is 5.01. The van der Waals surface area contributed by atoms with E-state index in [9.17, 15) is 9.59 Å². The zero-order chi connectivity index (χ0) is 16.9. The molecule has 1 amide bonds. The number of methoxy groups -OCH3 is 1. The van der Waals surface area contributed by atoms with Gasteiger partial charge in [-0.1, -0.05) is 18.2 Å². The van der Waals surface area contributed by atoms with E-state index >= 15 is 0 Å². The van der Waals surface area contributed by atoms with Crippen LogP contribution in [0.1, 0.15) is 18.4 Å². The SMILES string of the molecule is COc1ccc2cc(/C=C/C(=O)OCC(=O)NC3CC3)ccc2c1. The maximum atomic E-state index is 11.7. The molecule has 3 rings (SSSR count). The first-order chi connectivity index (χ1) is 11.6. The molecular weight excluding hydrogens is 306 g/mol. The van der Waals surface area contributed by atoms with Gasteiger partial charge in [0.15, 0.2) is 6.61 Å². The molecular formula is C19H19NO4. The van der Waals surface area contributed by atoms with Crippen molar-refractivity contribution >= 4 is 28.7 Å². The lowest BCUT2D eigenvalue weighted by atomic mass is 10.1. The van der Waals surface area contributed by atoms with E-state index in [1.165, 1.54) is 6.08 Å². The van der Waals surface area contributed by atoms with Crippen LogP contribution in [0.25, 0.3) is 16.8 Å².